The summed E-state index contributed by atoms with van der Waals surface area (Å²) in [5, 5.41) is 2.89. The lowest BCUT2D eigenvalue weighted by Crippen LogP contribution is -2.39. The molecule has 6 nitrogen and oxygen atoms in total. The van der Waals surface area contributed by atoms with Crippen molar-refractivity contribution >= 4 is 23.4 Å². The van der Waals surface area contributed by atoms with Crippen LogP contribution in [0.1, 0.15) is 29.9 Å². The second-order valence-corrected chi connectivity index (χ2v) is 7.82. The molecule has 7 heteroatoms. The predicted octanol–water partition coefficient (Wildman–Crippen LogP) is 3.75. The molecule has 1 aromatic heterocycles. The number of methoxy groups -OCH3 is 1. The first-order chi connectivity index (χ1) is 15.0. The number of nitrogens with one attached hydrogen (secondary N) is 1. The summed E-state index contributed by atoms with van der Waals surface area (Å²) in [7, 11) is 1.53. The minimum Gasteiger partial charge on any atom is -0.497 e. The van der Waals surface area contributed by atoms with Crippen molar-refractivity contribution in [1.82, 2.24) is 9.88 Å². The molecule has 0 radical (unpaired) electrons. The normalized spacial score (nSPS) is 16.1. The van der Waals surface area contributed by atoms with Crippen LogP contribution in [0, 0.1) is 0 Å². The monoisotopic (exact) mass is 436 g/mol. The van der Waals surface area contributed by atoms with Gasteiger partial charge in [-0.15, -0.1) is 0 Å². The molecule has 2 amide bonds. The van der Waals surface area contributed by atoms with E-state index in [1.165, 1.54) is 13.2 Å². The number of ether oxygens (including phenoxy) is 1. The molecule has 1 fully saturated rings. The first kappa shape index (κ1) is 20.9. The Balaban J connectivity index is 1.58. The van der Waals surface area contributed by atoms with Crippen molar-refractivity contribution in [3.8, 4) is 16.9 Å². The maximum absolute atomic E-state index is 12.3. The van der Waals surface area contributed by atoms with Gasteiger partial charge in [0.2, 0.25) is 11.8 Å². The molecule has 2 aromatic carbocycles. The number of nitrogens with zero attached hydrogens (tertiary/aromatic N) is 1. The molecule has 1 aliphatic heterocycles. The van der Waals surface area contributed by atoms with Gasteiger partial charge in [0.1, 0.15) is 5.75 Å². The standard InChI is InChI=1S/C24H21ClN2O4/c1-31-17-11-12-27(22(29)13-17)14-15-5-7-16(8-6-15)18-3-2-4-19(23(18)25)20-9-10-21(28)26-24(20)30/h2-8,11-13,20H,9-10,14H2,1H3,(H,26,28,30). The summed E-state index contributed by atoms with van der Waals surface area (Å²) in [4.78, 5) is 35.9. The molecule has 2 heterocycles. The Morgan fingerprint density at radius 1 is 1.10 bits per heavy atom. The summed E-state index contributed by atoms with van der Waals surface area (Å²) in [5.74, 6) is -0.468. The highest BCUT2D eigenvalue weighted by atomic mass is 35.5. The van der Waals surface area contributed by atoms with Gasteiger partial charge in [0.05, 0.1) is 24.6 Å². The molecule has 1 aliphatic rings. The van der Waals surface area contributed by atoms with E-state index < -0.39 is 5.92 Å². The molecule has 4 rings (SSSR count). The lowest BCUT2D eigenvalue weighted by atomic mass is 9.88. The van der Waals surface area contributed by atoms with Gasteiger partial charge < -0.3 is 9.30 Å². The van der Waals surface area contributed by atoms with E-state index in [-0.39, 0.29) is 17.4 Å². The average Bonchev–Trinajstić information content (AvgIpc) is 2.76. The van der Waals surface area contributed by atoms with E-state index in [2.05, 4.69) is 5.32 Å². The van der Waals surface area contributed by atoms with Gasteiger partial charge in [0.25, 0.3) is 5.56 Å². The zero-order valence-electron chi connectivity index (χ0n) is 16.9. The Morgan fingerprint density at radius 3 is 2.55 bits per heavy atom. The van der Waals surface area contributed by atoms with Crippen LogP contribution in [-0.2, 0) is 16.1 Å². The highest BCUT2D eigenvalue weighted by Crippen LogP contribution is 2.37. The van der Waals surface area contributed by atoms with Crippen molar-refractivity contribution in [2.75, 3.05) is 7.11 Å². The van der Waals surface area contributed by atoms with E-state index in [1.54, 1.807) is 16.8 Å². The van der Waals surface area contributed by atoms with Gasteiger partial charge in [-0.3, -0.25) is 19.7 Å². The second kappa shape index (κ2) is 8.78. The smallest absolute Gasteiger partial charge is 0.254 e. The quantitative estimate of drug-likeness (QED) is 0.618. The summed E-state index contributed by atoms with van der Waals surface area (Å²) in [6.45, 7) is 0.438. The van der Waals surface area contributed by atoms with Crippen LogP contribution in [0.15, 0.2) is 65.6 Å². The third kappa shape index (κ3) is 4.39. The van der Waals surface area contributed by atoms with Crippen LogP contribution in [0.3, 0.4) is 0 Å². The van der Waals surface area contributed by atoms with Crippen molar-refractivity contribution < 1.29 is 14.3 Å². The van der Waals surface area contributed by atoms with Crippen molar-refractivity contribution in [2.24, 2.45) is 0 Å². The minimum atomic E-state index is -0.439. The second-order valence-electron chi connectivity index (χ2n) is 7.44. The molecule has 1 saturated heterocycles. The molecular formula is C24H21ClN2O4. The van der Waals surface area contributed by atoms with Gasteiger partial charge in [-0.2, -0.15) is 0 Å². The number of rotatable bonds is 5. The number of imide groups is 1. The SMILES string of the molecule is COc1ccn(Cc2ccc(-c3cccc(C4CCC(=O)NC4=O)c3Cl)cc2)c(=O)c1. The van der Waals surface area contributed by atoms with Crippen molar-refractivity contribution in [3.05, 3.63) is 87.3 Å². The van der Waals surface area contributed by atoms with Crippen LogP contribution in [0.2, 0.25) is 5.02 Å². The number of hydrogen-bond acceptors (Lipinski definition) is 4. The fourth-order valence-corrected chi connectivity index (χ4v) is 4.13. The van der Waals surface area contributed by atoms with E-state index in [0.717, 1.165) is 22.3 Å². The van der Waals surface area contributed by atoms with Gasteiger partial charge >= 0.3 is 0 Å². The van der Waals surface area contributed by atoms with Crippen molar-refractivity contribution in [2.45, 2.75) is 25.3 Å². The lowest BCUT2D eigenvalue weighted by molar-refractivity contribution is -0.134. The predicted molar refractivity (Wildman–Crippen MR) is 118 cm³/mol. The van der Waals surface area contributed by atoms with Gasteiger partial charge in [0, 0.05) is 24.2 Å². The number of hydrogen-bond donors (Lipinski definition) is 1. The summed E-state index contributed by atoms with van der Waals surface area (Å²) in [5.41, 5.74) is 3.27. The van der Waals surface area contributed by atoms with E-state index >= 15 is 0 Å². The van der Waals surface area contributed by atoms with E-state index in [9.17, 15) is 14.4 Å². The fraction of sp³-hybridized carbons (Fsp3) is 0.208. The number of pyridine rings is 1. The van der Waals surface area contributed by atoms with Crippen molar-refractivity contribution in [1.29, 1.82) is 0 Å². The molecule has 0 saturated carbocycles. The van der Waals surface area contributed by atoms with Gasteiger partial charge in [-0.05, 0) is 29.2 Å². The van der Waals surface area contributed by atoms with Crippen LogP contribution < -0.4 is 15.6 Å². The van der Waals surface area contributed by atoms with Crippen LogP contribution >= 0.6 is 11.6 Å². The van der Waals surface area contributed by atoms with E-state index in [1.807, 2.05) is 42.5 Å². The summed E-state index contributed by atoms with van der Waals surface area (Å²) in [6, 6.07) is 16.6. The number of aromatic nitrogens is 1. The molecule has 1 atom stereocenters. The largest absolute Gasteiger partial charge is 0.497 e. The maximum atomic E-state index is 12.3. The lowest BCUT2D eigenvalue weighted by Gasteiger charge is -2.23. The summed E-state index contributed by atoms with van der Waals surface area (Å²) in [6.07, 6.45) is 2.45. The molecule has 158 valence electrons. The molecule has 0 spiro atoms. The number of piperidine rings is 1. The zero-order chi connectivity index (χ0) is 22.0. The number of benzene rings is 2. The van der Waals surface area contributed by atoms with E-state index in [0.29, 0.717) is 30.2 Å². The Hall–Kier alpha value is -3.38. The third-order valence-electron chi connectivity index (χ3n) is 5.46. The van der Waals surface area contributed by atoms with Crippen LogP contribution in [0.4, 0.5) is 0 Å². The molecule has 1 N–H and O–H groups in total. The summed E-state index contributed by atoms with van der Waals surface area (Å²) < 4.78 is 6.68. The molecule has 0 aliphatic carbocycles. The Bertz CT molecular complexity index is 1200. The highest BCUT2D eigenvalue weighted by Gasteiger charge is 2.30. The highest BCUT2D eigenvalue weighted by molar-refractivity contribution is 6.34. The molecule has 31 heavy (non-hydrogen) atoms. The number of carbonyl (C=O) groups excluding carboxylic acids is 2. The first-order valence-corrected chi connectivity index (χ1v) is 10.3. The van der Waals surface area contributed by atoms with Crippen LogP contribution in [0.25, 0.3) is 11.1 Å². The number of halogens is 1. The minimum absolute atomic E-state index is 0.136. The number of amides is 2. The number of carbonyl (C=O) groups is 2. The van der Waals surface area contributed by atoms with Crippen LogP contribution in [0.5, 0.6) is 5.75 Å². The molecule has 0 bridgehead atoms. The Labute approximate surface area is 184 Å². The first-order valence-electron chi connectivity index (χ1n) is 9.92. The van der Waals surface area contributed by atoms with Crippen LogP contribution in [-0.4, -0.2) is 23.5 Å². The Kier molecular flexibility index (Phi) is 5.91. The molecular weight excluding hydrogens is 416 g/mol. The molecule has 1 unspecified atom stereocenters. The molecule has 3 aromatic rings. The zero-order valence-corrected chi connectivity index (χ0v) is 17.7. The van der Waals surface area contributed by atoms with Gasteiger partial charge in [-0.25, -0.2) is 0 Å². The van der Waals surface area contributed by atoms with Gasteiger partial charge in [-0.1, -0.05) is 54.1 Å². The van der Waals surface area contributed by atoms with E-state index in [4.69, 9.17) is 16.3 Å². The summed E-state index contributed by atoms with van der Waals surface area (Å²) >= 11 is 6.68. The maximum Gasteiger partial charge on any atom is 0.254 e. The topological polar surface area (TPSA) is 77.4 Å². The van der Waals surface area contributed by atoms with Crippen molar-refractivity contribution in [3.63, 3.8) is 0 Å². The third-order valence-corrected chi connectivity index (χ3v) is 5.89. The Morgan fingerprint density at radius 2 is 1.87 bits per heavy atom. The fourth-order valence-electron chi connectivity index (χ4n) is 3.77. The average molecular weight is 437 g/mol. The van der Waals surface area contributed by atoms with Gasteiger partial charge in [0.15, 0.2) is 0 Å².